The smallest absolute Gasteiger partial charge is 0.137 e. The molecular weight excluding hydrogens is 310 g/mol. The van der Waals surface area contributed by atoms with Gasteiger partial charge in [0, 0.05) is 36.1 Å². The lowest BCUT2D eigenvalue weighted by Gasteiger charge is -2.30. The Labute approximate surface area is 148 Å². The van der Waals surface area contributed by atoms with Gasteiger partial charge in [0.15, 0.2) is 0 Å². The Balaban J connectivity index is 1.40. The zero-order valence-electron chi connectivity index (χ0n) is 14.5. The van der Waals surface area contributed by atoms with Crippen LogP contribution in [0.5, 0.6) is 0 Å². The molecule has 128 valence electrons. The number of hydrogen-bond donors (Lipinski definition) is 1. The SMILES string of the molecule is Cc1[nH]c(-c2ccccc2)nc1CN1CCC(c2ncccn2)CC1. The van der Waals surface area contributed by atoms with Crippen molar-refractivity contribution in [3.63, 3.8) is 0 Å². The van der Waals surface area contributed by atoms with Gasteiger partial charge in [-0.2, -0.15) is 0 Å². The highest BCUT2D eigenvalue weighted by molar-refractivity contribution is 5.55. The molecule has 1 aromatic carbocycles. The van der Waals surface area contributed by atoms with Crippen LogP contribution in [0.4, 0.5) is 0 Å². The highest BCUT2D eigenvalue weighted by Crippen LogP contribution is 2.26. The van der Waals surface area contributed by atoms with Crippen LogP contribution >= 0.6 is 0 Å². The number of nitrogens with zero attached hydrogens (tertiary/aromatic N) is 4. The van der Waals surface area contributed by atoms with Crippen molar-refractivity contribution in [3.8, 4) is 11.4 Å². The Bertz CT molecular complexity index is 805. The van der Waals surface area contributed by atoms with Crippen LogP contribution in [0.15, 0.2) is 48.8 Å². The second kappa shape index (κ2) is 7.15. The number of aryl methyl sites for hydroxylation is 1. The topological polar surface area (TPSA) is 57.7 Å². The van der Waals surface area contributed by atoms with E-state index in [1.54, 1.807) is 0 Å². The highest BCUT2D eigenvalue weighted by Gasteiger charge is 2.23. The van der Waals surface area contributed by atoms with Gasteiger partial charge in [0.05, 0.1) is 5.69 Å². The molecule has 4 rings (SSSR count). The van der Waals surface area contributed by atoms with E-state index in [4.69, 9.17) is 4.98 Å². The third kappa shape index (κ3) is 3.61. The molecule has 1 N–H and O–H groups in total. The first-order valence-electron chi connectivity index (χ1n) is 8.90. The third-order valence-electron chi connectivity index (χ3n) is 4.94. The molecular formula is C20H23N5. The van der Waals surface area contributed by atoms with Gasteiger partial charge in [-0.05, 0) is 38.9 Å². The second-order valence-electron chi connectivity index (χ2n) is 6.68. The molecule has 0 bridgehead atoms. The van der Waals surface area contributed by atoms with E-state index in [9.17, 15) is 0 Å². The number of imidazole rings is 1. The van der Waals surface area contributed by atoms with E-state index < -0.39 is 0 Å². The second-order valence-corrected chi connectivity index (χ2v) is 6.68. The van der Waals surface area contributed by atoms with Gasteiger partial charge in [0.2, 0.25) is 0 Å². The monoisotopic (exact) mass is 333 g/mol. The zero-order valence-corrected chi connectivity index (χ0v) is 14.5. The van der Waals surface area contributed by atoms with Crippen molar-refractivity contribution in [1.29, 1.82) is 0 Å². The fraction of sp³-hybridized carbons (Fsp3) is 0.350. The molecule has 0 saturated carbocycles. The Morgan fingerprint density at radius 2 is 1.76 bits per heavy atom. The molecule has 0 aliphatic carbocycles. The Morgan fingerprint density at radius 1 is 1.04 bits per heavy atom. The lowest BCUT2D eigenvalue weighted by molar-refractivity contribution is 0.199. The third-order valence-corrected chi connectivity index (χ3v) is 4.94. The number of aromatic amines is 1. The van der Waals surface area contributed by atoms with E-state index in [1.165, 1.54) is 0 Å². The van der Waals surface area contributed by atoms with Crippen LogP contribution in [0.25, 0.3) is 11.4 Å². The van der Waals surface area contributed by atoms with Gasteiger partial charge in [0.25, 0.3) is 0 Å². The lowest BCUT2D eigenvalue weighted by atomic mass is 9.96. The van der Waals surface area contributed by atoms with Crippen LogP contribution < -0.4 is 0 Å². The summed E-state index contributed by atoms with van der Waals surface area (Å²) in [4.78, 5) is 19.6. The predicted molar refractivity (Wildman–Crippen MR) is 98.0 cm³/mol. The lowest BCUT2D eigenvalue weighted by Crippen LogP contribution is -2.33. The minimum absolute atomic E-state index is 0.484. The van der Waals surface area contributed by atoms with E-state index in [0.717, 1.165) is 61.1 Å². The summed E-state index contributed by atoms with van der Waals surface area (Å²) in [7, 11) is 0. The van der Waals surface area contributed by atoms with E-state index in [0.29, 0.717) is 5.92 Å². The van der Waals surface area contributed by atoms with Crippen LogP contribution in [0.1, 0.15) is 36.0 Å². The number of piperidine rings is 1. The van der Waals surface area contributed by atoms with Crippen LogP contribution in [0.3, 0.4) is 0 Å². The Morgan fingerprint density at radius 3 is 2.48 bits per heavy atom. The minimum Gasteiger partial charge on any atom is -0.342 e. The maximum Gasteiger partial charge on any atom is 0.137 e. The number of aromatic nitrogens is 4. The molecule has 5 heteroatoms. The van der Waals surface area contributed by atoms with Gasteiger partial charge in [-0.3, -0.25) is 4.90 Å². The first kappa shape index (κ1) is 16.0. The maximum atomic E-state index is 4.83. The molecule has 0 amide bonds. The van der Waals surface area contributed by atoms with Crippen molar-refractivity contribution in [2.75, 3.05) is 13.1 Å². The number of H-pyrrole nitrogens is 1. The van der Waals surface area contributed by atoms with Crippen molar-refractivity contribution in [3.05, 3.63) is 66.0 Å². The first-order chi connectivity index (χ1) is 12.3. The fourth-order valence-corrected chi connectivity index (χ4v) is 3.47. The molecule has 0 unspecified atom stereocenters. The largest absolute Gasteiger partial charge is 0.342 e. The summed E-state index contributed by atoms with van der Waals surface area (Å²) in [6, 6.07) is 12.2. The molecule has 1 aliphatic rings. The molecule has 1 aliphatic heterocycles. The van der Waals surface area contributed by atoms with Gasteiger partial charge in [0.1, 0.15) is 11.6 Å². The summed E-state index contributed by atoms with van der Waals surface area (Å²) in [6.45, 7) is 5.14. The highest BCUT2D eigenvalue weighted by atomic mass is 15.1. The maximum absolute atomic E-state index is 4.83. The van der Waals surface area contributed by atoms with E-state index in [1.807, 2.05) is 36.7 Å². The Kier molecular flexibility index (Phi) is 4.57. The zero-order chi connectivity index (χ0) is 17.1. The average Bonchev–Trinajstić information content (AvgIpc) is 3.04. The average molecular weight is 333 g/mol. The summed E-state index contributed by atoms with van der Waals surface area (Å²) in [5.41, 5.74) is 3.44. The number of rotatable bonds is 4. The summed E-state index contributed by atoms with van der Waals surface area (Å²) < 4.78 is 0. The Hall–Kier alpha value is -2.53. The molecule has 2 aromatic heterocycles. The van der Waals surface area contributed by atoms with Crippen molar-refractivity contribution in [2.24, 2.45) is 0 Å². The van der Waals surface area contributed by atoms with Gasteiger partial charge in [-0.15, -0.1) is 0 Å². The van der Waals surface area contributed by atoms with Gasteiger partial charge in [-0.1, -0.05) is 30.3 Å². The van der Waals surface area contributed by atoms with Crippen molar-refractivity contribution in [2.45, 2.75) is 32.2 Å². The number of hydrogen-bond acceptors (Lipinski definition) is 4. The number of nitrogens with one attached hydrogen (secondary N) is 1. The van der Waals surface area contributed by atoms with E-state index >= 15 is 0 Å². The van der Waals surface area contributed by atoms with Crippen molar-refractivity contribution < 1.29 is 0 Å². The van der Waals surface area contributed by atoms with Gasteiger partial charge < -0.3 is 4.98 Å². The molecule has 0 spiro atoms. The van der Waals surface area contributed by atoms with Crippen molar-refractivity contribution in [1.82, 2.24) is 24.8 Å². The first-order valence-corrected chi connectivity index (χ1v) is 8.90. The van der Waals surface area contributed by atoms with E-state index in [-0.39, 0.29) is 0 Å². The molecule has 3 aromatic rings. The van der Waals surface area contributed by atoms with Crippen LogP contribution in [0, 0.1) is 6.92 Å². The van der Waals surface area contributed by atoms with Gasteiger partial charge >= 0.3 is 0 Å². The van der Waals surface area contributed by atoms with E-state index in [2.05, 4.69) is 38.9 Å². The molecule has 0 atom stereocenters. The van der Waals surface area contributed by atoms with Gasteiger partial charge in [-0.25, -0.2) is 15.0 Å². The fourth-order valence-electron chi connectivity index (χ4n) is 3.47. The van der Waals surface area contributed by atoms with Crippen molar-refractivity contribution >= 4 is 0 Å². The molecule has 1 saturated heterocycles. The molecule has 3 heterocycles. The molecule has 25 heavy (non-hydrogen) atoms. The quantitative estimate of drug-likeness (QED) is 0.793. The number of benzene rings is 1. The van der Waals surface area contributed by atoms with Crippen LogP contribution in [-0.2, 0) is 6.54 Å². The summed E-state index contributed by atoms with van der Waals surface area (Å²) in [5, 5.41) is 0. The number of likely N-dealkylation sites (tertiary alicyclic amines) is 1. The molecule has 0 radical (unpaired) electrons. The minimum atomic E-state index is 0.484. The molecule has 1 fully saturated rings. The summed E-state index contributed by atoms with van der Waals surface area (Å²) in [5.74, 6) is 2.43. The normalized spacial score (nSPS) is 16.2. The molecule has 5 nitrogen and oxygen atoms in total. The standard InChI is InChI=1S/C20H23N5/c1-15-18(24-20(23-15)16-6-3-2-4-7-16)14-25-12-8-17(9-13-25)19-21-10-5-11-22-19/h2-7,10-11,17H,8-9,12-14H2,1H3,(H,23,24). The van der Waals surface area contributed by atoms with Crippen LogP contribution in [-0.4, -0.2) is 37.9 Å². The summed E-state index contributed by atoms with van der Waals surface area (Å²) in [6.07, 6.45) is 5.90. The summed E-state index contributed by atoms with van der Waals surface area (Å²) >= 11 is 0. The van der Waals surface area contributed by atoms with Crippen LogP contribution in [0.2, 0.25) is 0 Å². The predicted octanol–water partition coefficient (Wildman–Crippen LogP) is 3.55.